The average molecular weight is 834 g/mol. The number of rotatable bonds is 12. The lowest BCUT2D eigenvalue weighted by Gasteiger charge is -2.20. The molecular formula is C20H17ClF6I2NO4PS2. The van der Waals surface area contributed by atoms with Crippen molar-refractivity contribution in [2.45, 2.75) is 18.5 Å². The monoisotopic (exact) mass is 833 g/mol. The van der Waals surface area contributed by atoms with Crippen molar-refractivity contribution in [1.29, 1.82) is 0 Å². The molecule has 206 valence electrons. The fourth-order valence-electron chi connectivity index (χ4n) is 2.88. The van der Waals surface area contributed by atoms with Gasteiger partial charge in [0, 0.05) is 27.8 Å². The Morgan fingerprint density at radius 1 is 0.919 bits per heavy atom. The summed E-state index contributed by atoms with van der Waals surface area (Å²) in [5.41, 5.74) is -3.99. The van der Waals surface area contributed by atoms with Crippen molar-refractivity contribution in [3.8, 4) is 0 Å². The third kappa shape index (κ3) is 10.9. The van der Waals surface area contributed by atoms with Gasteiger partial charge in [-0.3, -0.25) is 9.36 Å². The van der Waals surface area contributed by atoms with Crippen molar-refractivity contribution in [3.63, 3.8) is 0 Å². The Morgan fingerprint density at radius 2 is 1.43 bits per heavy atom. The van der Waals surface area contributed by atoms with Crippen LogP contribution in [-0.4, -0.2) is 30.6 Å². The Kier molecular flexibility index (Phi) is 13.2. The Balaban J connectivity index is 2.42. The number of anilines is 1. The SMILES string of the molecule is O=C(Nc1cc(C(F)(F)F)cc(C(F)(F)F)c1)c1cc(Cl)ccc1CP(=O)(OCCSI)OCCSI. The van der Waals surface area contributed by atoms with Crippen LogP contribution < -0.4 is 5.32 Å². The molecule has 1 amide bonds. The molecule has 37 heavy (non-hydrogen) atoms. The van der Waals surface area contributed by atoms with E-state index in [9.17, 15) is 35.7 Å². The van der Waals surface area contributed by atoms with Crippen molar-refractivity contribution in [3.05, 3.63) is 63.7 Å². The van der Waals surface area contributed by atoms with Crippen LogP contribution in [-0.2, 0) is 32.1 Å². The quantitative estimate of drug-likeness (QED) is 0.0996. The number of benzene rings is 2. The first-order valence-corrected chi connectivity index (χ1v) is 19.1. The molecule has 2 aromatic carbocycles. The van der Waals surface area contributed by atoms with Crippen molar-refractivity contribution >= 4 is 91.1 Å². The molecule has 0 atom stereocenters. The van der Waals surface area contributed by atoms with Crippen molar-refractivity contribution in [2.24, 2.45) is 0 Å². The van der Waals surface area contributed by atoms with Gasteiger partial charge in [-0.15, -0.1) is 0 Å². The third-order valence-electron chi connectivity index (χ3n) is 4.42. The molecule has 5 nitrogen and oxygen atoms in total. The van der Waals surface area contributed by atoms with E-state index in [1.807, 2.05) is 42.4 Å². The summed E-state index contributed by atoms with van der Waals surface area (Å²) in [5.74, 6) is -0.0536. The molecule has 0 aromatic heterocycles. The predicted octanol–water partition coefficient (Wildman–Crippen LogP) is 9.52. The summed E-state index contributed by atoms with van der Waals surface area (Å²) < 4.78 is 104. The second kappa shape index (κ2) is 14.6. The molecule has 1 N–H and O–H groups in total. The molecule has 0 fully saturated rings. The standard InChI is InChI=1S/C20H17ClF6I2NO4PS2/c21-15-2-1-12(11-35(32,33-3-5-36-28)34-4-6-37-29)17(10-15)18(31)30-16-8-13(19(22,23)24)7-14(9-16)20(25,26)27/h1-2,7-10H,3-6,11H2,(H,30,31). The maximum absolute atomic E-state index is 13.4. The summed E-state index contributed by atoms with van der Waals surface area (Å²) in [5, 5.41) is 2.13. The minimum Gasteiger partial charge on any atom is -0.322 e. The normalized spacial score (nSPS) is 12.6. The van der Waals surface area contributed by atoms with Crippen LogP contribution in [0.15, 0.2) is 36.4 Å². The lowest BCUT2D eigenvalue weighted by Crippen LogP contribution is -2.17. The maximum atomic E-state index is 13.4. The van der Waals surface area contributed by atoms with E-state index in [4.69, 9.17) is 20.6 Å². The van der Waals surface area contributed by atoms with Gasteiger partial charge in [0.15, 0.2) is 0 Å². The van der Waals surface area contributed by atoms with Gasteiger partial charge < -0.3 is 14.4 Å². The van der Waals surface area contributed by atoms with E-state index in [1.165, 1.54) is 30.0 Å². The fraction of sp³-hybridized carbons (Fsp3) is 0.350. The molecule has 2 rings (SSSR count). The van der Waals surface area contributed by atoms with E-state index in [2.05, 4.69) is 5.32 Å². The van der Waals surface area contributed by atoms with Gasteiger partial charge in [-0.05, 0) is 78.3 Å². The van der Waals surface area contributed by atoms with Gasteiger partial charge in [0.05, 0.1) is 30.5 Å². The lowest BCUT2D eigenvalue weighted by molar-refractivity contribution is -0.143. The molecule has 0 aliphatic heterocycles. The minimum absolute atomic E-state index is 0.0481. The second-order valence-electron chi connectivity index (χ2n) is 7.11. The molecule has 2 aromatic rings. The van der Waals surface area contributed by atoms with Crippen molar-refractivity contribution in [2.75, 3.05) is 30.0 Å². The van der Waals surface area contributed by atoms with Crippen LogP contribution in [0, 0.1) is 0 Å². The number of carbonyl (C=O) groups excluding carboxylic acids is 1. The van der Waals surface area contributed by atoms with Gasteiger partial charge in [0.2, 0.25) is 0 Å². The predicted molar refractivity (Wildman–Crippen MR) is 152 cm³/mol. The highest BCUT2D eigenvalue weighted by Crippen LogP contribution is 2.52. The van der Waals surface area contributed by atoms with Gasteiger partial charge >= 0.3 is 19.9 Å². The summed E-state index contributed by atoms with van der Waals surface area (Å²) in [6.45, 7) is 0.170. The number of carbonyl (C=O) groups is 1. The third-order valence-corrected chi connectivity index (χ3v) is 9.82. The number of nitrogens with one attached hydrogen (secondary N) is 1. The van der Waals surface area contributed by atoms with Gasteiger partial charge in [-0.2, -0.15) is 26.3 Å². The zero-order valence-electron chi connectivity index (χ0n) is 18.3. The van der Waals surface area contributed by atoms with Crippen LogP contribution in [0.1, 0.15) is 27.0 Å². The number of amides is 1. The van der Waals surface area contributed by atoms with Crippen LogP contribution in [0.2, 0.25) is 5.02 Å². The van der Waals surface area contributed by atoms with E-state index < -0.39 is 42.7 Å². The van der Waals surface area contributed by atoms with Gasteiger partial charge in [0.25, 0.3) is 5.91 Å². The summed E-state index contributed by atoms with van der Waals surface area (Å²) in [6.07, 6.45) is -10.5. The highest BCUT2D eigenvalue weighted by Gasteiger charge is 2.37. The molecular weight excluding hydrogens is 817 g/mol. The van der Waals surface area contributed by atoms with Gasteiger partial charge in [-0.1, -0.05) is 35.5 Å². The smallest absolute Gasteiger partial charge is 0.322 e. The summed E-state index contributed by atoms with van der Waals surface area (Å²) >= 11 is 10.1. The molecule has 0 heterocycles. The highest BCUT2D eigenvalue weighted by molar-refractivity contribution is 14.2. The van der Waals surface area contributed by atoms with Crippen LogP contribution in [0.4, 0.5) is 32.0 Å². The topological polar surface area (TPSA) is 64.6 Å². The molecule has 17 heteroatoms. The largest absolute Gasteiger partial charge is 0.416 e. The zero-order chi connectivity index (χ0) is 27.9. The minimum atomic E-state index is -5.09. The second-order valence-corrected chi connectivity index (χ2v) is 14.6. The molecule has 0 spiro atoms. The van der Waals surface area contributed by atoms with E-state index in [1.54, 1.807) is 0 Å². The summed E-state index contributed by atoms with van der Waals surface area (Å²) in [4.78, 5) is 13.0. The molecule has 0 bridgehead atoms. The Hall–Kier alpha value is 0.0900. The Morgan fingerprint density at radius 3 is 1.89 bits per heavy atom. The zero-order valence-corrected chi connectivity index (χ0v) is 25.9. The summed E-state index contributed by atoms with van der Waals surface area (Å²) in [6, 6.07) is 4.65. The van der Waals surface area contributed by atoms with E-state index in [0.29, 0.717) is 23.6 Å². The van der Waals surface area contributed by atoms with E-state index in [0.717, 1.165) is 6.07 Å². The summed E-state index contributed by atoms with van der Waals surface area (Å²) in [7, 11) is -0.948. The van der Waals surface area contributed by atoms with Gasteiger partial charge in [0.1, 0.15) is 0 Å². The van der Waals surface area contributed by atoms with Crippen LogP contribution >= 0.6 is 79.5 Å². The molecule has 0 aliphatic rings. The number of halogens is 9. The van der Waals surface area contributed by atoms with Crippen molar-refractivity contribution < 1.29 is 44.7 Å². The highest BCUT2D eigenvalue weighted by atomic mass is 127. The lowest BCUT2D eigenvalue weighted by atomic mass is 10.1. The van der Waals surface area contributed by atoms with Crippen LogP contribution in [0.3, 0.4) is 0 Å². The maximum Gasteiger partial charge on any atom is 0.416 e. The first-order valence-electron chi connectivity index (χ1n) is 9.93. The molecule has 0 unspecified atom stereocenters. The molecule has 0 radical (unpaired) electrons. The number of alkyl halides is 6. The van der Waals surface area contributed by atoms with Crippen molar-refractivity contribution in [1.82, 2.24) is 0 Å². The first kappa shape index (κ1) is 33.3. The fourth-order valence-corrected chi connectivity index (χ4v) is 6.36. The Labute approximate surface area is 246 Å². The first-order chi connectivity index (χ1) is 17.2. The van der Waals surface area contributed by atoms with Gasteiger partial charge in [-0.25, -0.2) is 0 Å². The van der Waals surface area contributed by atoms with Crippen LogP contribution in [0.25, 0.3) is 0 Å². The van der Waals surface area contributed by atoms with E-state index >= 15 is 0 Å². The Bertz CT molecular complexity index is 1100. The number of hydrogen-bond acceptors (Lipinski definition) is 6. The molecule has 0 saturated carbocycles. The van der Waals surface area contributed by atoms with E-state index in [-0.39, 0.29) is 41.6 Å². The molecule has 0 aliphatic carbocycles. The van der Waals surface area contributed by atoms with Crippen LogP contribution in [0.5, 0.6) is 0 Å². The average Bonchev–Trinajstić information content (AvgIpc) is 2.79. The number of hydrogen-bond donors (Lipinski definition) is 1. The molecule has 0 saturated heterocycles.